The molecular formula is C21H19ClN2O5S. The van der Waals surface area contributed by atoms with E-state index in [4.69, 9.17) is 21.4 Å². The lowest BCUT2D eigenvalue weighted by Crippen LogP contribution is -2.28. The van der Waals surface area contributed by atoms with Gasteiger partial charge in [0.05, 0.1) is 27.8 Å². The van der Waals surface area contributed by atoms with E-state index in [1.165, 1.54) is 28.8 Å². The van der Waals surface area contributed by atoms with Gasteiger partial charge in [-0.25, -0.2) is 9.79 Å². The van der Waals surface area contributed by atoms with Gasteiger partial charge >= 0.3 is 5.97 Å². The summed E-state index contributed by atoms with van der Waals surface area (Å²) in [5.74, 6) is -1.19. The van der Waals surface area contributed by atoms with Crippen molar-refractivity contribution in [1.82, 2.24) is 4.90 Å². The van der Waals surface area contributed by atoms with Gasteiger partial charge in [0.2, 0.25) is 0 Å². The predicted octanol–water partition coefficient (Wildman–Crippen LogP) is 4.77. The molecule has 1 fully saturated rings. The summed E-state index contributed by atoms with van der Waals surface area (Å²) < 4.78 is 5.38. The number of rotatable bonds is 6. The highest BCUT2D eigenvalue weighted by Crippen LogP contribution is 2.38. The van der Waals surface area contributed by atoms with Crippen LogP contribution in [0.4, 0.5) is 5.69 Å². The van der Waals surface area contributed by atoms with Crippen LogP contribution in [0.2, 0.25) is 5.02 Å². The molecule has 30 heavy (non-hydrogen) atoms. The number of aliphatic imine (C=N–C) groups is 1. The Bertz CT molecular complexity index is 1070. The lowest BCUT2D eigenvalue weighted by molar-refractivity contribution is -0.122. The van der Waals surface area contributed by atoms with E-state index in [-0.39, 0.29) is 28.0 Å². The van der Waals surface area contributed by atoms with Gasteiger partial charge in [-0.15, -0.1) is 0 Å². The molecule has 0 saturated carbocycles. The maximum atomic E-state index is 12.8. The second kappa shape index (κ2) is 9.23. The molecule has 1 aliphatic rings. The van der Waals surface area contributed by atoms with Crippen molar-refractivity contribution in [3.63, 3.8) is 0 Å². The molecule has 0 aliphatic carbocycles. The van der Waals surface area contributed by atoms with Gasteiger partial charge in [-0.05, 0) is 67.6 Å². The fourth-order valence-corrected chi connectivity index (χ4v) is 4.06. The van der Waals surface area contributed by atoms with Crippen molar-refractivity contribution in [3.8, 4) is 11.5 Å². The molecule has 9 heteroatoms. The molecule has 2 aromatic carbocycles. The summed E-state index contributed by atoms with van der Waals surface area (Å²) in [4.78, 5) is 30.4. The van der Waals surface area contributed by atoms with Gasteiger partial charge in [0.15, 0.2) is 16.7 Å². The summed E-state index contributed by atoms with van der Waals surface area (Å²) in [6.07, 6.45) is 1.65. The predicted molar refractivity (Wildman–Crippen MR) is 118 cm³/mol. The number of hydrogen-bond donors (Lipinski definition) is 2. The highest BCUT2D eigenvalue weighted by atomic mass is 35.5. The zero-order valence-corrected chi connectivity index (χ0v) is 17.8. The SMILES string of the molecule is CCOc1cc(C=C2SC(=Nc3cccc(C(=O)O)c3)N(CC)C2=O)cc(Cl)c1O. The molecule has 0 spiro atoms. The molecule has 156 valence electrons. The number of halogens is 1. The molecule has 1 heterocycles. The van der Waals surface area contributed by atoms with Crippen molar-refractivity contribution in [2.75, 3.05) is 13.2 Å². The van der Waals surface area contributed by atoms with Crippen LogP contribution in [0.1, 0.15) is 29.8 Å². The number of benzene rings is 2. The molecule has 1 aliphatic heterocycles. The molecule has 1 amide bonds. The van der Waals surface area contributed by atoms with E-state index >= 15 is 0 Å². The number of hydrogen-bond acceptors (Lipinski definition) is 6. The molecule has 0 radical (unpaired) electrons. The average molecular weight is 447 g/mol. The fourth-order valence-electron chi connectivity index (χ4n) is 2.78. The smallest absolute Gasteiger partial charge is 0.335 e. The number of carbonyl (C=O) groups is 2. The highest BCUT2D eigenvalue weighted by Gasteiger charge is 2.32. The zero-order chi connectivity index (χ0) is 21.8. The Morgan fingerprint density at radius 3 is 2.73 bits per heavy atom. The molecule has 2 N–H and O–H groups in total. The minimum atomic E-state index is -1.05. The van der Waals surface area contributed by atoms with E-state index in [1.54, 1.807) is 37.3 Å². The number of carboxylic acid groups (broad SMARTS) is 1. The van der Waals surface area contributed by atoms with Crippen LogP contribution in [-0.4, -0.2) is 45.3 Å². The lowest BCUT2D eigenvalue weighted by atomic mass is 10.2. The maximum absolute atomic E-state index is 12.8. The van der Waals surface area contributed by atoms with Crippen LogP contribution in [0.5, 0.6) is 11.5 Å². The number of aromatic hydroxyl groups is 1. The van der Waals surface area contributed by atoms with Gasteiger partial charge < -0.3 is 14.9 Å². The van der Waals surface area contributed by atoms with Crippen LogP contribution in [0, 0.1) is 0 Å². The summed E-state index contributed by atoms with van der Waals surface area (Å²) in [6.45, 7) is 4.37. The summed E-state index contributed by atoms with van der Waals surface area (Å²) in [5, 5.41) is 19.7. The first kappa shape index (κ1) is 21.7. The minimum absolute atomic E-state index is 0.118. The van der Waals surface area contributed by atoms with Crippen molar-refractivity contribution in [2.45, 2.75) is 13.8 Å². The average Bonchev–Trinajstić information content (AvgIpc) is 3.00. The Morgan fingerprint density at radius 1 is 1.30 bits per heavy atom. The number of carbonyl (C=O) groups excluding carboxylic acids is 1. The Balaban J connectivity index is 1.96. The molecule has 0 atom stereocenters. The van der Waals surface area contributed by atoms with Crippen molar-refractivity contribution in [1.29, 1.82) is 0 Å². The summed E-state index contributed by atoms with van der Waals surface area (Å²) in [7, 11) is 0. The molecule has 0 aromatic heterocycles. The third-order valence-corrected chi connectivity index (χ3v) is 5.47. The number of thioether (sulfide) groups is 1. The maximum Gasteiger partial charge on any atom is 0.335 e. The number of aromatic carboxylic acids is 1. The fraction of sp³-hybridized carbons (Fsp3) is 0.190. The van der Waals surface area contributed by atoms with Crippen molar-refractivity contribution in [2.24, 2.45) is 4.99 Å². The zero-order valence-electron chi connectivity index (χ0n) is 16.3. The third-order valence-electron chi connectivity index (χ3n) is 4.17. The quantitative estimate of drug-likeness (QED) is 0.620. The van der Waals surface area contributed by atoms with E-state index in [1.807, 2.05) is 6.92 Å². The first-order valence-corrected chi connectivity index (χ1v) is 10.3. The first-order chi connectivity index (χ1) is 14.3. The van der Waals surface area contributed by atoms with Gasteiger partial charge in [0.1, 0.15) is 0 Å². The van der Waals surface area contributed by atoms with Gasteiger partial charge in [0, 0.05) is 6.54 Å². The highest BCUT2D eigenvalue weighted by molar-refractivity contribution is 8.18. The second-order valence-electron chi connectivity index (χ2n) is 6.19. The Morgan fingerprint density at radius 2 is 2.07 bits per heavy atom. The number of carboxylic acids is 1. The van der Waals surface area contributed by atoms with Gasteiger partial charge in [0.25, 0.3) is 5.91 Å². The molecule has 7 nitrogen and oxygen atoms in total. The molecular weight excluding hydrogens is 428 g/mol. The van der Waals surface area contributed by atoms with Crippen LogP contribution in [0.3, 0.4) is 0 Å². The van der Waals surface area contributed by atoms with E-state index in [0.717, 1.165) is 0 Å². The number of phenols is 1. The number of nitrogens with zero attached hydrogens (tertiary/aromatic N) is 2. The van der Waals surface area contributed by atoms with Crippen LogP contribution < -0.4 is 4.74 Å². The molecule has 0 unspecified atom stereocenters. The van der Waals surface area contributed by atoms with Gasteiger partial charge in [-0.2, -0.15) is 0 Å². The summed E-state index contributed by atoms with van der Waals surface area (Å²) >= 11 is 7.25. The molecule has 1 saturated heterocycles. The third kappa shape index (κ3) is 4.60. The Hall–Kier alpha value is -2.97. The standard InChI is InChI=1S/C21H19ClN2O5S/c1-3-24-19(26)17(10-12-8-15(22)18(25)16(9-12)29-4-2)30-21(24)23-14-7-5-6-13(11-14)20(27)28/h5-11,25H,3-4H2,1-2H3,(H,27,28). The van der Waals surface area contributed by atoms with E-state index in [0.29, 0.717) is 34.5 Å². The van der Waals surface area contributed by atoms with Crippen LogP contribution in [0.25, 0.3) is 6.08 Å². The Labute approximate surface area is 182 Å². The number of ether oxygens (including phenoxy) is 1. The largest absolute Gasteiger partial charge is 0.503 e. The molecule has 2 aromatic rings. The van der Waals surface area contributed by atoms with Crippen LogP contribution in [0.15, 0.2) is 46.3 Å². The van der Waals surface area contributed by atoms with Crippen molar-refractivity contribution < 1.29 is 24.5 Å². The topological polar surface area (TPSA) is 99.4 Å². The summed E-state index contributed by atoms with van der Waals surface area (Å²) in [6, 6.07) is 9.35. The first-order valence-electron chi connectivity index (χ1n) is 9.12. The van der Waals surface area contributed by atoms with Crippen molar-refractivity contribution in [3.05, 3.63) is 57.5 Å². The second-order valence-corrected chi connectivity index (χ2v) is 7.61. The number of amidine groups is 1. The number of likely N-dealkylation sites (N-methyl/N-ethyl adjacent to an activating group) is 1. The van der Waals surface area contributed by atoms with Crippen LogP contribution in [-0.2, 0) is 4.79 Å². The summed E-state index contributed by atoms with van der Waals surface area (Å²) in [5.41, 5.74) is 1.16. The monoisotopic (exact) mass is 446 g/mol. The lowest BCUT2D eigenvalue weighted by Gasteiger charge is -2.12. The normalized spacial score (nSPS) is 16.5. The van der Waals surface area contributed by atoms with E-state index < -0.39 is 5.97 Å². The molecule has 3 rings (SSSR count). The Kier molecular flexibility index (Phi) is 6.69. The van der Waals surface area contributed by atoms with Gasteiger partial charge in [-0.3, -0.25) is 9.69 Å². The van der Waals surface area contributed by atoms with E-state index in [9.17, 15) is 14.7 Å². The number of amides is 1. The van der Waals surface area contributed by atoms with Gasteiger partial charge in [-0.1, -0.05) is 17.7 Å². The number of phenolic OH excluding ortho intramolecular Hbond substituents is 1. The van der Waals surface area contributed by atoms with Crippen molar-refractivity contribution >= 4 is 52.2 Å². The van der Waals surface area contributed by atoms with E-state index in [2.05, 4.69) is 4.99 Å². The van der Waals surface area contributed by atoms with Crippen LogP contribution >= 0.6 is 23.4 Å². The molecule has 0 bridgehead atoms. The minimum Gasteiger partial charge on any atom is -0.503 e.